The number of nitrogens with two attached hydrogens (primary N) is 2. The highest BCUT2D eigenvalue weighted by Crippen LogP contribution is 2.22. The molecule has 2 rings (SSSR count). The number of aryl methyl sites for hydroxylation is 1. The summed E-state index contributed by atoms with van der Waals surface area (Å²) in [6.07, 6.45) is 2.18. The molecule has 0 saturated heterocycles. The summed E-state index contributed by atoms with van der Waals surface area (Å²) in [5, 5.41) is 0. The van der Waals surface area contributed by atoms with Gasteiger partial charge < -0.3 is 5.73 Å². The van der Waals surface area contributed by atoms with E-state index in [0.29, 0.717) is 23.4 Å². The van der Waals surface area contributed by atoms with Crippen LogP contribution in [0.5, 0.6) is 0 Å². The third kappa shape index (κ3) is 3.07. The highest BCUT2D eigenvalue weighted by atomic mass is 19.1. The molecule has 0 spiro atoms. The molecule has 19 heavy (non-hydrogen) atoms. The normalized spacial score (nSPS) is 12.4. The number of halogens is 1. The van der Waals surface area contributed by atoms with E-state index in [9.17, 15) is 4.39 Å². The molecule has 2 aromatic rings. The molecule has 0 aliphatic rings. The molecule has 1 heterocycles. The van der Waals surface area contributed by atoms with Crippen molar-refractivity contribution in [1.82, 2.24) is 10.4 Å². The number of hydrogen-bond acceptors (Lipinski definition) is 4. The zero-order valence-electron chi connectivity index (χ0n) is 10.7. The van der Waals surface area contributed by atoms with Gasteiger partial charge in [-0.15, -0.1) is 0 Å². The summed E-state index contributed by atoms with van der Waals surface area (Å²) in [5.74, 6) is 5.76. The molecule has 0 radical (unpaired) electrons. The Kier molecular flexibility index (Phi) is 4.09. The van der Waals surface area contributed by atoms with Crippen LogP contribution in [-0.4, -0.2) is 4.98 Å². The summed E-state index contributed by atoms with van der Waals surface area (Å²) in [7, 11) is 0. The molecule has 1 atom stereocenters. The third-order valence-corrected chi connectivity index (χ3v) is 3.08. The Labute approximate surface area is 111 Å². The Balaban J connectivity index is 2.28. The second-order valence-electron chi connectivity index (χ2n) is 4.49. The van der Waals surface area contributed by atoms with Crippen molar-refractivity contribution in [2.24, 2.45) is 5.84 Å². The van der Waals surface area contributed by atoms with Crippen molar-refractivity contribution >= 4 is 5.82 Å². The van der Waals surface area contributed by atoms with Crippen molar-refractivity contribution in [2.45, 2.75) is 19.4 Å². The number of hydrogen-bond donors (Lipinski definition) is 3. The number of nitrogens with zero attached hydrogens (tertiary/aromatic N) is 1. The first kappa shape index (κ1) is 13.5. The Morgan fingerprint density at radius 2 is 2.16 bits per heavy atom. The first-order valence-corrected chi connectivity index (χ1v) is 6.03. The average Bonchev–Trinajstić information content (AvgIpc) is 2.40. The van der Waals surface area contributed by atoms with Gasteiger partial charge in [-0.2, -0.15) is 0 Å². The van der Waals surface area contributed by atoms with Crippen molar-refractivity contribution in [3.8, 4) is 0 Å². The number of hydrazine groups is 1. The van der Waals surface area contributed by atoms with Gasteiger partial charge in [0.2, 0.25) is 0 Å². The molecule has 0 bridgehead atoms. The molecule has 5 heteroatoms. The minimum atomic E-state index is -0.304. The van der Waals surface area contributed by atoms with Gasteiger partial charge in [0, 0.05) is 11.8 Å². The van der Waals surface area contributed by atoms with Gasteiger partial charge in [-0.3, -0.25) is 11.3 Å². The molecule has 0 saturated carbocycles. The molecule has 1 aromatic carbocycles. The van der Waals surface area contributed by atoms with Crippen LogP contribution in [0.3, 0.4) is 0 Å². The van der Waals surface area contributed by atoms with Gasteiger partial charge in [0.25, 0.3) is 0 Å². The topological polar surface area (TPSA) is 77.0 Å². The first-order valence-electron chi connectivity index (χ1n) is 6.03. The Morgan fingerprint density at radius 1 is 1.37 bits per heavy atom. The van der Waals surface area contributed by atoms with E-state index in [0.717, 1.165) is 5.56 Å². The van der Waals surface area contributed by atoms with E-state index in [1.807, 2.05) is 12.1 Å². The molecular weight excluding hydrogens is 243 g/mol. The predicted octanol–water partition coefficient (Wildman–Crippen LogP) is 1.86. The molecule has 1 aromatic heterocycles. The van der Waals surface area contributed by atoms with Crippen LogP contribution in [0.25, 0.3) is 0 Å². The maximum atomic E-state index is 14.1. The van der Waals surface area contributed by atoms with Crippen LogP contribution in [0, 0.1) is 12.7 Å². The minimum Gasteiger partial charge on any atom is -0.384 e. The van der Waals surface area contributed by atoms with Crippen molar-refractivity contribution in [3.63, 3.8) is 0 Å². The van der Waals surface area contributed by atoms with Gasteiger partial charge in [0.1, 0.15) is 11.6 Å². The molecule has 0 aliphatic carbocycles. The van der Waals surface area contributed by atoms with Gasteiger partial charge in [0.15, 0.2) is 0 Å². The maximum Gasteiger partial charge on any atom is 0.130 e. The Morgan fingerprint density at radius 3 is 2.84 bits per heavy atom. The van der Waals surface area contributed by atoms with Crippen molar-refractivity contribution in [3.05, 3.63) is 59.0 Å². The van der Waals surface area contributed by atoms with E-state index in [2.05, 4.69) is 10.4 Å². The fourth-order valence-corrected chi connectivity index (χ4v) is 2.05. The number of nitrogen functional groups attached to an aromatic ring is 1. The van der Waals surface area contributed by atoms with Gasteiger partial charge >= 0.3 is 0 Å². The number of benzene rings is 1. The number of rotatable bonds is 4. The van der Waals surface area contributed by atoms with E-state index in [-0.39, 0.29) is 11.9 Å². The zero-order chi connectivity index (χ0) is 13.8. The van der Waals surface area contributed by atoms with Gasteiger partial charge in [0.05, 0.1) is 6.04 Å². The highest BCUT2D eigenvalue weighted by molar-refractivity contribution is 5.34. The number of anilines is 1. The summed E-state index contributed by atoms with van der Waals surface area (Å²) in [4.78, 5) is 3.93. The highest BCUT2D eigenvalue weighted by Gasteiger charge is 2.16. The Bertz CT molecular complexity index is 571. The molecule has 1 unspecified atom stereocenters. The molecule has 0 aliphatic heterocycles. The van der Waals surface area contributed by atoms with Crippen molar-refractivity contribution in [1.29, 1.82) is 0 Å². The Hall–Kier alpha value is -1.98. The molecule has 0 amide bonds. The van der Waals surface area contributed by atoms with Crippen molar-refractivity contribution < 1.29 is 4.39 Å². The SMILES string of the molecule is Cc1cccc(C(Cc2ccnc(N)c2)NN)c1F. The lowest BCUT2D eigenvalue weighted by Crippen LogP contribution is -2.30. The van der Waals surface area contributed by atoms with E-state index < -0.39 is 0 Å². The van der Waals surface area contributed by atoms with Gasteiger partial charge in [-0.1, -0.05) is 18.2 Å². The maximum absolute atomic E-state index is 14.1. The van der Waals surface area contributed by atoms with Crippen LogP contribution in [0.15, 0.2) is 36.5 Å². The lowest BCUT2D eigenvalue weighted by molar-refractivity contribution is 0.507. The van der Waals surface area contributed by atoms with Crippen LogP contribution < -0.4 is 17.0 Å². The molecule has 100 valence electrons. The number of nitrogens with one attached hydrogen (secondary N) is 1. The minimum absolute atomic E-state index is 0.229. The summed E-state index contributed by atoms with van der Waals surface area (Å²) < 4.78 is 14.1. The quantitative estimate of drug-likeness (QED) is 0.579. The molecule has 0 fully saturated rings. The van der Waals surface area contributed by atoms with E-state index >= 15 is 0 Å². The van der Waals surface area contributed by atoms with Crippen molar-refractivity contribution in [2.75, 3.05) is 5.73 Å². The standard InChI is InChI=1S/C14H17FN4/c1-9-3-2-4-11(14(9)15)12(19-17)7-10-5-6-18-13(16)8-10/h2-6,8,12,19H,7,17H2,1H3,(H2,16,18). The van der Waals surface area contributed by atoms with Gasteiger partial charge in [-0.25, -0.2) is 9.37 Å². The van der Waals surface area contributed by atoms with Crippen LogP contribution in [0.1, 0.15) is 22.7 Å². The summed E-state index contributed by atoms with van der Waals surface area (Å²) >= 11 is 0. The lowest BCUT2D eigenvalue weighted by atomic mass is 9.98. The van der Waals surface area contributed by atoms with Crippen LogP contribution in [0.4, 0.5) is 10.2 Å². The zero-order valence-corrected chi connectivity index (χ0v) is 10.7. The van der Waals surface area contributed by atoms with Crippen LogP contribution in [-0.2, 0) is 6.42 Å². The second-order valence-corrected chi connectivity index (χ2v) is 4.49. The fraction of sp³-hybridized carbons (Fsp3) is 0.214. The van der Waals surface area contributed by atoms with Crippen LogP contribution in [0.2, 0.25) is 0 Å². The fourth-order valence-electron chi connectivity index (χ4n) is 2.05. The summed E-state index contributed by atoms with van der Waals surface area (Å²) in [6, 6.07) is 8.58. The van der Waals surface area contributed by atoms with E-state index in [4.69, 9.17) is 11.6 Å². The average molecular weight is 260 g/mol. The summed E-state index contributed by atoms with van der Waals surface area (Å²) in [6.45, 7) is 1.73. The number of pyridine rings is 1. The summed E-state index contributed by atoms with van der Waals surface area (Å²) in [5.41, 5.74) is 10.4. The van der Waals surface area contributed by atoms with Crippen LogP contribution >= 0.6 is 0 Å². The van der Waals surface area contributed by atoms with E-state index in [1.54, 1.807) is 31.3 Å². The second kappa shape index (κ2) is 5.77. The monoisotopic (exact) mass is 260 g/mol. The largest absolute Gasteiger partial charge is 0.384 e. The van der Waals surface area contributed by atoms with Gasteiger partial charge in [-0.05, 0) is 36.6 Å². The number of aromatic nitrogens is 1. The molecule has 5 N–H and O–H groups in total. The molecule has 4 nitrogen and oxygen atoms in total. The smallest absolute Gasteiger partial charge is 0.130 e. The molecular formula is C14H17FN4. The predicted molar refractivity (Wildman–Crippen MR) is 73.6 cm³/mol. The first-order chi connectivity index (χ1) is 9.11. The third-order valence-electron chi connectivity index (χ3n) is 3.08. The van der Waals surface area contributed by atoms with E-state index in [1.165, 1.54) is 0 Å². The lowest BCUT2D eigenvalue weighted by Gasteiger charge is -2.18.